The van der Waals surface area contributed by atoms with Crippen LogP contribution in [0, 0.1) is 23.7 Å². The van der Waals surface area contributed by atoms with Crippen molar-refractivity contribution in [2.45, 2.75) is 44.7 Å². The van der Waals surface area contributed by atoms with Crippen molar-refractivity contribution >= 4 is 40.5 Å². The Morgan fingerprint density at radius 3 is 2.49 bits per heavy atom. The number of aromatic nitrogens is 2. The number of ether oxygens (including phenoxy) is 2. The quantitative estimate of drug-likeness (QED) is 0.131. The van der Waals surface area contributed by atoms with E-state index in [0.29, 0.717) is 96.8 Å². The van der Waals surface area contributed by atoms with Crippen LogP contribution in [-0.2, 0) is 9.53 Å². The highest BCUT2D eigenvalue weighted by molar-refractivity contribution is 6.05. The Hall–Kier alpha value is -4.43. The number of carbonyl (C=O) groups excluding carboxylic acids is 1. The number of piperidine rings is 1. The van der Waals surface area contributed by atoms with Crippen LogP contribution in [0.2, 0.25) is 0 Å². The van der Waals surface area contributed by atoms with Crippen molar-refractivity contribution in [1.29, 1.82) is 5.41 Å². The fraction of sp³-hybridized carbons (Fsp3) is 0.538. The summed E-state index contributed by atoms with van der Waals surface area (Å²) in [5.41, 5.74) is 10.3. The molecule has 0 radical (unpaired) electrons. The zero-order valence-corrected chi connectivity index (χ0v) is 30.8. The van der Waals surface area contributed by atoms with Crippen LogP contribution >= 0.6 is 0 Å². The minimum atomic E-state index is -4.60. The molecule has 0 atom stereocenters. The van der Waals surface area contributed by atoms with Gasteiger partial charge in [0.15, 0.2) is 12.4 Å². The summed E-state index contributed by atoms with van der Waals surface area (Å²) in [5.74, 6) is 1.60. The number of nitrogens with one attached hydrogen (secondary N) is 1. The normalized spacial score (nSPS) is 18.7. The Kier molecular flexibility index (Phi) is 10.0. The Bertz CT molecular complexity index is 1890. The number of carbonyl (C=O) groups is 1. The van der Waals surface area contributed by atoms with E-state index in [1.54, 1.807) is 13.2 Å². The fourth-order valence-corrected chi connectivity index (χ4v) is 8.30. The van der Waals surface area contributed by atoms with Crippen LogP contribution in [0.1, 0.15) is 48.3 Å². The largest absolute Gasteiger partial charge is 0.481 e. The van der Waals surface area contributed by atoms with Crippen molar-refractivity contribution in [2.24, 2.45) is 11.3 Å². The van der Waals surface area contributed by atoms with Crippen molar-refractivity contribution in [1.82, 2.24) is 19.8 Å². The first-order valence-corrected chi connectivity index (χ1v) is 18.4. The molecule has 4 fully saturated rings. The number of halogens is 3. The molecule has 3 saturated heterocycles. The number of rotatable bonds is 13. The second-order valence-electron chi connectivity index (χ2n) is 15.4. The second kappa shape index (κ2) is 14.4. The van der Waals surface area contributed by atoms with Gasteiger partial charge < -0.3 is 40.2 Å². The first kappa shape index (κ1) is 36.9. The van der Waals surface area contributed by atoms with Gasteiger partial charge in [0.1, 0.15) is 11.3 Å². The lowest BCUT2D eigenvalue weighted by molar-refractivity contribution is -0.153. The van der Waals surface area contributed by atoms with E-state index in [-0.39, 0.29) is 23.0 Å². The molecular weight excluding hydrogens is 685 g/mol. The number of nitrogens with zero attached hydrogens (tertiary/aromatic N) is 6. The minimum absolute atomic E-state index is 0.0294. The molecule has 3 N–H and O–H groups in total. The minimum Gasteiger partial charge on any atom is -0.481 e. The highest BCUT2D eigenvalue weighted by atomic mass is 19.4. The lowest BCUT2D eigenvalue weighted by atomic mass is 9.72. The fourth-order valence-electron chi connectivity index (χ4n) is 8.30. The maximum Gasteiger partial charge on any atom is 0.422 e. The number of likely N-dealkylation sites (N-methyl/N-ethyl adjacent to an activating group) is 1. The predicted molar refractivity (Wildman–Crippen MR) is 201 cm³/mol. The molecule has 3 aliphatic heterocycles. The number of anilines is 3. The lowest BCUT2D eigenvalue weighted by Crippen LogP contribution is -2.61. The topological polar surface area (TPSA) is 124 Å². The average molecular weight is 735 g/mol. The third-order valence-corrected chi connectivity index (χ3v) is 11.4. The number of methoxy groups -OCH3 is 1. The summed E-state index contributed by atoms with van der Waals surface area (Å²) >= 11 is 0. The van der Waals surface area contributed by atoms with Crippen molar-refractivity contribution in [2.75, 3.05) is 95.3 Å². The van der Waals surface area contributed by atoms with E-state index in [2.05, 4.69) is 34.4 Å². The number of hydrogen-bond acceptors (Lipinski definition) is 10. The molecule has 284 valence electrons. The van der Waals surface area contributed by atoms with E-state index in [4.69, 9.17) is 30.6 Å². The van der Waals surface area contributed by atoms with Gasteiger partial charge in [0.05, 0.1) is 6.61 Å². The summed E-state index contributed by atoms with van der Waals surface area (Å²) in [6.07, 6.45) is 1.39. The van der Waals surface area contributed by atoms with Crippen LogP contribution in [-0.4, -0.2) is 118 Å². The maximum absolute atomic E-state index is 14.0. The van der Waals surface area contributed by atoms with Crippen LogP contribution in [0.3, 0.4) is 0 Å². The summed E-state index contributed by atoms with van der Waals surface area (Å²) in [7, 11) is 3.75. The molecule has 3 aromatic rings. The molecule has 7 rings (SSSR count). The number of amides is 1. The van der Waals surface area contributed by atoms with Crippen molar-refractivity contribution in [3.8, 4) is 16.9 Å². The van der Waals surface area contributed by atoms with Crippen LogP contribution in [0.15, 0.2) is 30.9 Å². The average Bonchev–Trinajstić information content (AvgIpc) is 3.95. The highest BCUT2D eigenvalue weighted by Crippen LogP contribution is 2.53. The Labute approximate surface area is 308 Å². The van der Waals surface area contributed by atoms with Crippen molar-refractivity contribution < 1.29 is 27.4 Å². The number of likely N-dealkylation sites (tertiary alicyclic amines) is 1. The molecule has 1 spiro atoms. The molecule has 1 saturated carbocycles. The Balaban J connectivity index is 1.35. The third kappa shape index (κ3) is 7.40. The number of benzene rings is 2. The molecule has 2 aromatic carbocycles. The van der Waals surface area contributed by atoms with Crippen LogP contribution in [0.25, 0.3) is 22.0 Å². The standard InChI is InChI=1S/C39H49F3N8O3/c1-5-31(51)50-21-38(22-50)10-12-48(13-11-38)36-28-16-27(26-7-8-26)33(32-24(2)6-9-30(44)29(32)17-43)35(53-23-39(40,41)42)34(28)45-37(46-36)49-19-25(20-49)18-47(3)14-15-52-4/h5-6,9,16-17,25-26,43H,1,7-8,10-15,18-23,44H2,2-4H3. The second-order valence-corrected chi connectivity index (χ2v) is 15.4. The van der Waals surface area contributed by atoms with Crippen LogP contribution < -0.4 is 20.3 Å². The molecule has 14 heteroatoms. The molecule has 1 aromatic heterocycles. The Morgan fingerprint density at radius 1 is 1.15 bits per heavy atom. The molecule has 1 amide bonds. The van der Waals surface area contributed by atoms with E-state index in [0.717, 1.165) is 49.9 Å². The summed E-state index contributed by atoms with van der Waals surface area (Å²) in [6, 6.07) is 5.61. The van der Waals surface area contributed by atoms with Crippen LogP contribution in [0.5, 0.6) is 5.75 Å². The van der Waals surface area contributed by atoms with Gasteiger partial charge in [0.25, 0.3) is 0 Å². The van der Waals surface area contributed by atoms with Gasteiger partial charge in [-0.15, -0.1) is 0 Å². The van der Waals surface area contributed by atoms with Gasteiger partial charge in [0, 0.05) is 99.2 Å². The predicted octanol–water partition coefficient (Wildman–Crippen LogP) is 5.63. The number of hydrogen-bond donors (Lipinski definition) is 2. The SMILES string of the molecule is C=CC(=O)N1CC2(CCN(c3nc(N4CC(CN(C)CCOC)C4)nc4c(OCC(F)(F)F)c(-c5c(C)ccc(N)c5C=N)c(C5CC5)cc34)CC2)C1. The van der Waals surface area contributed by atoms with Crippen molar-refractivity contribution in [3.05, 3.63) is 47.5 Å². The van der Waals surface area contributed by atoms with E-state index in [1.807, 2.05) is 17.9 Å². The number of nitrogens with two attached hydrogens (primary N) is 1. The lowest BCUT2D eigenvalue weighted by Gasteiger charge is -2.54. The Morgan fingerprint density at radius 2 is 1.87 bits per heavy atom. The molecular formula is C39H49F3N8O3. The monoisotopic (exact) mass is 734 g/mol. The first-order chi connectivity index (χ1) is 25.3. The zero-order chi connectivity index (χ0) is 37.7. The summed E-state index contributed by atoms with van der Waals surface area (Å²) < 4.78 is 53.3. The smallest absolute Gasteiger partial charge is 0.422 e. The third-order valence-electron chi connectivity index (χ3n) is 11.4. The van der Waals surface area contributed by atoms with Gasteiger partial charge in [-0.2, -0.15) is 18.2 Å². The number of fused-ring (bicyclic) bond motifs is 1. The van der Waals surface area contributed by atoms with Gasteiger partial charge in [-0.1, -0.05) is 12.6 Å². The van der Waals surface area contributed by atoms with Gasteiger partial charge in [-0.05, 0) is 80.5 Å². The molecule has 53 heavy (non-hydrogen) atoms. The van der Waals surface area contributed by atoms with Gasteiger partial charge in [-0.3, -0.25) is 4.79 Å². The molecule has 0 unspecified atom stereocenters. The zero-order valence-electron chi connectivity index (χ0n) is 30.8. The van der Waals surface area contributed by atoms with E-state index in [1.165, 1.54) is 12.3 Å². The number of alkyl halides is 3. The van der Waals surface area contributed by atoms with E-state index in [9.17, 15) is 18.0 Å². The first-order valence-electron chi connectivity index (χ1n) is 18.4. The van der Waals surface area contributed by atoms with E-state index >= 15 is 0 Å². The summed E-state index contributed by atoms with van der Waals surface area (Å²) in [5, 5.41) is 8.94. The number of aryl methyl sites for hydroxylation is 1. The summed E-state index contributed by atoms with van der Waals surface area (Å²) in [6.45, 7) is 10.5. The molecule has 11 nitrogen and oxygen atoms in total. The highest BCUT2D eigenvalue weighted by Gasteiger charge is 2.47. The molecule has 1 aliphatic carbocycles. The number of nitrogen functional groups attached to an aromatic ring is 1. The van der Waals surface area contributed by atoms with Crippen LogP contribution in [0.4, 0.5) is 30.6 Å². The van der Waals surface area contributed by atoms with Gasteiger partial charge >= 0.3 is 6.18 Å². The van der Waals surface area contributed by atoms with Crippen molar-refractivity contribution in [3.63, 3.8) is 0 Å². The van der Waals surface area contributed by atoms with Gasteiger partial charge in [0.2, 0.25) is 11.9 Å². The maximum atomic E-state index is 14.0. The summed E-state index contributed by atoms with van der Waals surface area (Å²) in [4.78, 5) is 30.8. The van der Waals surface area contributed by atoms with E-state index < -0.39 is 12.8 Å². The molecule has 4 heterocycles. The molecule has 0 bridgehead atoms. The van der Waals surface area contributed by atoms with Gasteiger partial charge in [-0.25, -0.2) is 4.98 Å². The molecule has 4 aliphatic rings.